The van der Waals surface area contributed by atoms with Crippen molar-refractivity contribution in [2.75, 3.05) is 0 Å². The van der Waals surface area contributed by atoms with Crippen molar-refractivity contribution in [1.29, 1.82) is 0 Å². The second-order valence-corrected chi connectivity index (χ2v) is 3.51. The summed E-state index contributed by atoms with van der Waals surface area (Å²) in [6.07, 6.45) is 0.916. The number of carboxylic acids is 1. The third-order valence-electron chi connectivity index (χ3n) is 2.23. The highest BCUT2D eigenvalue weighted by Crippen LogP contribution is 2.25. The largest absolute Gasteiger partial charge is 0.504 e. The van der Waals surface area contributed by atoms with Crippen molar-refractivity contribution in [2.24, 2.45) is 5.73 Å². The molecule has 1 aromatic rings. The van der Waals surface area contributed by atoms with Crippen molar-refractivity contribution < 1.29 is 21.5 Å². The first-order chi connectivity index (χ1) is 7.83. The van der Waals surface area contributed by atoms with Gasteiger partial charge in [-0.1, -0.05) is 6.07 Å². The quantitative estimate of drug-likeness (QED) is 0.557. The summed E-state index contributed by atoms with van der Waals surface area (Å²) in [4.78, 5) is 10.6. The number of carbonyl (C=O) groups is 1. The molecule has 0 aromatic heterocycles. The summed E-state index contributed by atoms with van der Waals surface area (Å²) >= 11 is 0. The summed E-state index contributed by atoms with van der Waals surface area (Å²) in [6.45, 7) is 0. The maximum absolute atomic E-state index is 10.6. The molecule has 0 saturated carbocycles. The van der Waals surface area contributed by atoms with Crippen molar-refractivity contribution in [3.63, 3.8) is 0 Å². The van der Waals surface area contributed by atoms with E-state index >= 15 is 0 Å². The predicted octanol–water partition coefficient (Wildman–Crippen LogP) is 0.832. The predicted molar refractivity (Wildman–Crippen MR) is 58.3 cm³/mol. The van der Waals surface area contributed by atoms with E-state index in [1.54, 1.807) is 6.07 Å². The van der Waals surface area contributed by atoms with Gasteiger partial charge in [-0.2, -0.15) is 0 Å². The Morgan fingerprint density at radius 2 is 2.12 bits per heavy atom. The Balaban J connectivity index is 2.51. The molecule has 1 aromatic carbocycles. The van der Waals surface area contributed by atoms with E-state index in [1.165, 1.54) is 12.1 Å². The normalized spacial score (nSPS) is 15.2. The van der Waals surface area contributed by atoms with Crippen LogP contribution in [0.3, 0.4) is 0 Å². The highest BCUT2D eigenvalue weighted by atomic mass is 16.4. The minimum absolute atomic E-state index is 0.0178. The summed E-state index contributed by atoms with van der Waals surface area (Å²) in [5.41, 5.74) is 6.01. The van der Waals surface area contributed by atoms with E-state index in [2.05, 4.69) is 0 Å². The molecule has 0 aliphatic rings. The Morgan fingerprint density at radius 3 is 2.69 bits per heavy atom. The summed E-state index contributed by atoms with van der Waals surface area (Å²) in [7, 11) is 0. The van der Waals surface area contributed by atoms with Crippen molar-refractivity contribution in [3.8, 4) is 11.5 Å². The number of aryl methyl sites for hydroxylation is 1. The van der Waals surface area contributed by atoms with E-state index in [0.29, 0.717) is 12.8 Å². The van der Waals surface area contributed by atoms with Crippen molar-refractivity contribution in [3.05, 3.63) is 23.8 Å². The number of hydrogen-bond donors (Lipinski definition) is 4. The highest BCUT2D eigenvalue weighted by molar-refractivity contribution is 5.72. The standard InChI is InChI=1S/C11H15NO4/c12-8(11(15)16)3-1-2-7-4-5-9(13)10(14)6-7/h4-6,8,13-14H,1-3,12H2,(H,15,16)/i8D. The van der Waals surface area contributed by atoms with Crippen molar-refractivity contribution in [1.82, 2.24) is 0 Å². The topological polar surface area (TPSA) is 104 Å². The molecule has 0 spiro atoms. The smallest absolute Gasteiger partial charge is 0.320 e. The van der Waals surface area contributed by atoms with Crippen LogP contribution in [0.4, 0.5) is 0 Å². The number of aromatic hydroxyl groups is 2. The molecule has 0 saturated heterocycles. The van der Waals surface area contributed by atoms with Gasteiger partial charge in [-0.3, -0.25) is 4.79 Å². The average molecular weight is 226 g/mol. The Morgan fingerprint density at radius 1 is 1.44 bits per heavy atom. The van der Waals surface area contributed by atoms with Gasteiger partial charge in [0.2, 0.25) is 0 Å². The van der Waals surface area contributed by atoms with Crippen LogP contribution in [0.25, 0.3) is 0 Å². The molecule has 88 valence electrons. The number of rotatable bonds is 5. The van der Waals surface area contributed by atoms with Crippen LogP contribution < -0.4 is 5.73 Å². The number of phenols is 2. The van der Waals surface area contributed by atoms with Crippen LogP contribution in [0.15, 0.2) is 18.2 Å². The summed E-state index contributed by atoms with van der Waals surface area (Å²) in [5, 5.41) is 27.0. The lowest BCUT2D eigenvalue weighted by Gasteiger charge is -2.06. The zero-order valence-corrected chi connectivity index (χ0v) is 8.68. The van der Waals surface area contributed by atoms with E-state index in [-0.39, 0.29) is 17.9 Å². The minimum Gasteiger partial charge on any atom is -0.504 e. The van der Waals surface area contributed by atoms with E-state index in [9.17, 15) is 9.90 Å². The first kappa shape index (κ1) is 10.8. The lowest BCUT2D eigenvalue weighted by atomic mass is 10.0. The van der Waals surface area contributed by atoms with Crippen LogP contribution in [-0.2, 0) is 11.2 Å². The Kier molecular flexibility index (Phi) is 3.61. The number of phenolic OH excluding ortho intramolecular Hbond substituents is 2. The second-order valence-electron chi connectivity index (χ2n) is 3.51. The van der Waals surface area contributed by atoms with Gasteiger partial charge in [-0.15, -0.1) is 0 Å². The van der Waals surface area contributed by atoms with E-state index in [4.69, 9.17) is 17.3 Å². The van der Waals surface area contributed by atoms with E-state index in [0.717, 1.165) is 5.56 Å². The molecular weight excluding hydrogens is 210 g/mol. The molecule has 0 heterocycles. The van der Waals surface area contributed by atoms with E-state index < -0.39 is 12.0 Å². The van der Waals surface area contributed by atoms with Gasteiger partial charge in [-0.25, -0.2) is 0 Å². The zero-order valence-electron chi connectivity index (χ0n) is 9.68. The van der Waals surface area contributed by atoms with Crippen LogP contribution in [0, 0.1) is 0 Å². The molecule has 0 amide bonds. The number of nitrogens with two attached hydrogens (primary N) is 1. The fourth-order valence-corrected chi connectivity index (χ4v) is 1.31. The molecule has 16 heavy (non-hydrogen) atoms. The Hall–Kier alpha value is -1.75. The van der Waals surface area contributed by atoms with Gasteiger partial charge >= 0.3 is 5.97 Å². The highest BCUT2D eigenvalue weighted by Gasteiger charge is 2.10. The zero-order chi connectivity index (χ0) is 13.1. The van der Waals surface area contributed by atoms with Gasteiger partial charge in [0.05, 0.1) is 1.37 Å². The molecule has 0 aliphatic heterocycles. The molecule has 0 fully saturated rings. The molecule has 5 heteroatoms. The van der Waals surface area contributed by atoms with Gasteiger partial charge in [-0.05, 0) is 37.0 Å². The van der Waals surface area contributed by atoms with Gasteiger partial charge in [0, 0.05) is 0 Å². The molecule has 5 nitrogen and oxygen atoms in total. The van der Waals surface area contributed by atoms with Gasteiger partial charge in [0.25, 0.3) is 0 Å². The van der Waals surface area contributed by atoms with Gasteiger partial charge in [0.1, 0.15) is 6.02 Å². The first-order valence-electron chi connectivity index (χ1n) is 5.36. The maximum Gasteiger partial charge on any atom is 0.320 e. The first-order valence-corrected chi connectivity index (χ1v) is 4.86. The molecule has 1 rings (SSSR count). The average Bonchev–Trinajstić information content (AvgIpc) is 2.23. The minimum atomic E-state index is -1.97. The third kappa shape index (κ3) is 3.43. The van der Waals surface area contributed by atoms with E-state index in [1.807, 2.05) is 0 Å². The van der Waals surface area contributed by atoms with Crippen LogP contribution in [0.1, 0.15) is 19.8 Å². The molecule has 1 atom stereocenters. The van der Waals surface area contributed by atoms with Crippen LogP contribution in [0.5, 0.6) is 11.5 Å². The summed E-state index contributed by atoms with van der Waals surface area (Å²) in [6, 6.07) is 2.41. The van der Waals surface area contributed by atoms with Crippen molar-refractivity contribution in [2.45, 2.75) is 25.3 Å². The van der Waals surface area contributed by atoms with Crippen LogP contribution in [0.2, 0.25) is 0 Å². The second kappa shape index (κ2) is 5.37. The van der Waals surface area contributed by atoms with Crippen molar-refractivity contribution >= 4 is 5.97 Å². The van der Waals surface area contributed by atoms with Crippen LogP contribution >= 0.6 is 0 Å². The van der Waals surface area contributed by atoms with Crippen LogP contribution in [-0.4, -0.2) is 27.3 Å². The number of aliphatic carboxylic acids is 1. The molecular formula is C11H15NO4. The third-order valence-corrected chi connectivity index (χ3v) is 2.23. The molecule has 0 bridgehead atoms. The fraction of sp³-hybridized carbons (Fsp3) is 0.364. The lowest BCUT2D eigenvalue weighted by molar-refractivity contribution is -0.138. The fourth-order valence-electron chi connectivity index (χ4n) is 1.31. The molecule has 0 aliphatic carbocycles. The summed E-state index contributed by atoms with van der Waals surface area (Å²) in [5.74, 6) is -1.77. The molecule has 0 radical (unpaired) electrons. The Bertz CT molecular complexity index is 420. The SMILES string of the molecule is [2H]C(N)(CCCc1ccc(O)c(O)c1)C(=O)O. The lowest BCUT2D eigenvalue weighted by Crippen LogP contribution is -2.29. The molecule has 5 N–H and O–H groups in total. The number of carboxylic acid groups (broad SMARTS) is 1. The number of benzene rings is 1. The molecule has 1 unspecified atom stereocenters. The Labute approximate surface area is 94.5 Å². The van der Waals surface area contributed by atoms with Gasteiger partial charge in [0.15, 0.2) is 11.5 Å². The maximum atomic E-state index is 10.6. The summed E-state index contributed by atoms with van der Waals surface area (Å²) < 4.78 is 7.31. The number of hydrogen-bond acceptors (Lipinski definition) is 4. The van der Waals surface area contributed by atoms with Gasteiger partial charge < -0.3 is 21.1 Å². The monoisotopic (exact) mass is 226 g/mol.